The lowest BCUT2D eigenvalue weighted by Gasteiger charge is -2.09. The number of aryl methyl sites for hydroxylation is 1. The van der Waals surface area contributed by atoms with E-state index in [1.807, 2.05) is 19.1 Å². The van der Waals surface area contributed by atoms with Crippen LogP contribution in [0.3, 0.4) is 0 Å². The van der Waals surface area contributed by atoms with E-state index in [0.717, 1.165) is 24.5 Å². The zero-order valence-electron chi connectivity index (χ0n) is 14.7. The second-order valence-corrected chi connectivity index (χ2v) is 6.40. The molecule has 0 heterocycles. The van der Waals surface area contributed by atoms with Gasteiger partial charge in [-0.25, -0.2) is 4.79 Å². The lowest BCUT2D eigenvalue weighted by atomic mass is 10.1. The number of esters is 1. The zero-order valence-corrected chi connectivity index (χ0v) is 14.7. The third kappa shape index (κ3) is 5.04. The summed E-state index contributed by atoms with van der Waals surface area (Å²) < 4.78 is 4.96. The first-order valence-electron chi connectivity index (χ1n) is 8.51. The highest BCUT2D eigenvalue weighted by Gasteiger charge is 2.26. The number of ether oxygens (including phenoxy) is 1. The van der Waals surface area contributed by atoms with Crippen molar-refractivity contribution in [1.29, 1.82) is 0 Å². The van der Waals surface area contributed by atoms with Crippen molar-refractivity contribution in [3.05, 3.63) is 63.7 Å². The van der Waals surface area contributed by atoms with Crippen molar-refractivity contribution in [1.82, 2.24) is 0 Å². The Bertz CT molecular complexity index is 875. The molecule has 8 heteroatoms. The lowest BCUT2D eigenvalue weighted by molar-refractivity contribution is -0.384. The molecule has 2 N–H and O–H groups in total. The SMILES string of the molecule is Cc1ccc(NC(=O)COC(=O)c2ccc(NC3CC3)c([N+](=O)[O-])c2)cc1. The van der Waals surface area contributed by atoms with E-state index in [1.165, 1.54) is 12.1 Å². The monoisotopic (exact) mass is 369 g/mol. The molecule has 27 heavy (non-hydrogen) atoms. The smallest absolute Gasteiger partial charge is 0.338 e. The fourth-order valence-electron chi connectivity index (χ4n) is 2.43. The summed E-state index contributed by atoms with van der Waals surface area (Å²) >= 11 is 0. The number of nitrogens with one attached hydrogen (secondary N) is 2. The molecule has 1 aliphatic rings. The number of nitrogens with zero attached hydrogens (tertiary/aromatic N) is 1. The Kier molecular flexibility index (Phi) is 5.35. The summed E-state index contributed by atoms with van der Waals surface area (Å²) in [7, 11) is 0. The molecule has 0 spiro atoms. The van der Waals surface area contributed by atoms with Crippen LogP contribution in [-0.2, 0) is 9.53 Å². The average molecular weight is 369 g/mol. The van der Waals surface area contributed by atoms with Crippen LogP contribution in [0.4, 0.5) is 17.1 Å². The Hall–Kier alpha value is -3.42. The molecule has 0 aliphatic heterocycles. The fourth-order valence-corrected chi connectivity index (χ4v) is 2.43. The Morgan fingerprint density at radius 2 is 1.89 bits per heavy atom. The molecular weight excluding hydrogens is 350 g/mol. The van der Waals surface area contributed by atoms with E-state index in [2.05, 4.69) is 10.6 Å². The molecule has 0 unspecified atom stereocenters. The van der Waals surface area contributed by atoms with Crippen molar-refractivity contribution >= 4 is 28.9 Å². The summed E-state index contributed by atoms with van der Waals surface area (Å²) in [5.74, 6) is -1.29. The van der Waals surface area contributed by atoms with Gasteiger partial charge in [-0.15, -0.1) is 0 Å². The third-order valence-electron chi connectivity index (χ3n) is 4.04. The zero-order chi connectivity index (χ0) is 19.4. The maximum atomic E-state index is 12.1. The standard InChI is InChI=1S/C19H19N3O5/c1-12-2-5-15(6-3-12)21-18(23)11-27-19(24)13-4-9-16(20-14-7-8-14)17(10-13)22(25)26/h2-6,9-10,14,20H,7-8,11H2,1H3,(H,21,23). The summed E-state index contributed by atoms with van der Waals surface area (Å²) in [6.07, 6.45) is 1.94. The van der Waals surface area contributed by atoms with Gasteiger partial charge in [0.2, 0.25) is 0 Å². The van der Waals surface area contributed by atoms with Crippen molar-refractivity contribution in [2.24, 2.45) is 0 Å². The molecule has 0 aromatic heterocycles. The van der Waals surface area contributed by atoms with Gasteiger partial charge >= 0.3 is 5.97 Å². The number of carbonyl (C=O) groups excluding carboxylic acids is 2. The third-order valence-corrected chi connectivity index (χ3v) is 4.04. The maximum absolute atomic E-state index is 12.1. The topological polar surface area (TPSA) is 111 Å². The Morgan fingerprint density at radius 3 is 2.52 bits per heavy atom. The van der Waals surface area contributed by atoms with Gasteiger partial charge in [0.05, 0.1) is 10.5 Å². The molecule has 140 valence electrons. The molecule has 2 aromatic carbocycles. The summed E-state index contributed by atoms with van der Waals surface area (Å²) in [4.78, 5) is 34.7. The molecule has 0 bridgehead atoms. The number of amides is 1. The number of carbonyl (C=O) groups is 2. The molecule has 1 amide bonds. The molecule has 8 nitrogen and oxygen atoms in total. The summed E-state index contributed by atoms with van der Waals surface area (Å²) in [6.45, 7) is 1.45. The van der Waals surface area contributed by atoms with E-state index in [0.29, 0.717) is 11.4 Å². The molecule has 1 saturated carbocycles. The largest absolute Gasteiger partial charge is 0.452 e. The summed E-state index contributed by atoms with van der Waals surface area (Å²) in [5.41, 5.74) is 1.84. The van der Waals surface area contributed by atoms with Crippen LogP contribution in [0.25, 0.3) is 0 Å². The van der Waals surface area contributed by atoms with E-state index in [4.69, 9.17) is 4.74 Å². The second-order valence-electron chi connectivity index (χ2n) is 6.40. The van der Waals surface area contributed by atoms with Crippen molar-refractivity contribution in [3.8, 4) is 0 Å². The lowest BCUT2D eigenvalue weighted by Crippen LogP contribution is -2.21. The van der Waals surface area contributed by atoms with Gasteiger partial charge in [-0.1, -0.05) is 17.7 Å². The number of benzene rings is 2. The van der Waals surface area contributed by atoms with Gasteiger partial charge in [0.15, 0.2) is 6.61 Å². The van der Waals surface area contributed by atoms with Crippen LogP contribution in [0.5, 0.6) is 0 Å². The molecule has 1 fully saturated rings. The summed E-state index contributed by atoms with van der Waals surface area (Å²) in [5, 5.41) is 16.9. The Morgan fingerprint density at radius 1 is 1.19 bits per heavy atom. The predicted octanol–water partition coefficient (Wildman–Crippen LogP) is 3.27. The fraction of sp³-hybridized carbons (Fsp3) is 0.263. The van der Waals surface area contributed by atoms with E-state index in [1.54, 1.807) is 12.1 Å². The van der Waals surface area contributed by atoms with Gasteiger partial charge in [-0.05, 0) is 44.0 Å². The number of nitro groups is 1. The molecule has 0 atom stereocenters. The van der Waals surface area contributed by atoms with E-state index in [9.17, 15) is 19.7 Å². The number of hydrogen-bond acceptors (Lipinski definition) is 6. The quantitative estimate of drug-likeness (QED) is 0.440. The van der Waals surface area contributed by atoms with Gasteiger partial charge in [-0.3, -0.25) is 14.9 Å². The van der Waals surface area contributed by atoms with Crippen molar-refractivity contribution < 1.29 is 19.2 Å². The Balaban J connectivity index is 1.59. The van der Waals surface area contributed by atoms with Crippen LogP contribution in [0.1, 0.15) is 28.8 Å². The first kappa shape index (κ1) is 18.4. The van der Waals surface area contributed by atoms with Gasteiger partial charge in [0, 0.05) is 17.8 Å². The number of rotatable bonds is 7. The minimum atomic E-state index is -0.796. The number of hydrogen-bond donors (Lipinski definition) is 2. The molecule has 2 aromatic rings. The van der Waals surface area contributed by atoms with Gasteiger partial charge in [-0.2, -0.15) is 0 Å². The number of anilines is 2. The van der Waals surface area contributed by atoms with E-state index < -0.39 is 23.4 Å². The van der Waals surface area contributed by atoms with Crippen LogP contribution in [0, 0.1) is 17.0 Å². The highest BCUT2D eigenvalue weighted by atomic mass is 16.6. The van der Waals surface area contributed by atoms with Crippen LogP contribution < -0.4 is 10.6 Å². The first-order valence-corrected chi connectivity index (χ1v) is 8.51. The predicted molar refractivity (Wildman–Crippen MR) is 99.8 cm³/mol. The van der Waals surface area contributed by atoms with Gasteiger partial charge < -0.3 is 15.4 Å². The normalized spacial score (nSPS) is 12.9. The first-order chi connectivity index (χ1) is 12.9. The molecule has 3 rings (SSSR count). The van der Waals surface area contributed by atoms with Crippen molar-refractivity contribution in [3.63, 3.8) is 0 Å². The molecule has 0 radical (unpaired) electrons. The van der Waals surface area contributed by atoms with Crippen LogP contribution in [-0.4, -0.2) is 29.4 Å². The minimum Gasteiger partial charge on any atom is -0.452 e. The molecule has 0 saturated heterocycles. The highest BCUT2D eigenvalue weighted by Crippen LogP contribution is 2.31. The highest BCUT2D eigenvalue weighted by molar-refractivity contribution is 5.96. The van der Waals surface area contributed by atoms with E-state index in [-0.39, 0.29) is 17.3 Å². The minimum absolute atomic E-state index is 0.0196. The average Bonchev–Trinajstić information content (AvgIpc) is 3.46. The van der Waals surface area contributed by atoms with Gasteiger partial charge in [0.25, 0.3) is 11.6 Å². The van der Waals surface area contributed by atoms with Crippen LogP contribution >= 0.6 is 0 Å². The Labute approximate surface area is 155 Å². The van der Waals surface area contributed by atoms with Crippen LogP contribution in [0.2, 0.25) is 0 Å². The van der Waals surface area contributed by atoms with Gasteiger partial charge in [0.1, 0.15) is 5.69 Å². The molecule has 1 aliphatic carbocycles. The second kappa shape index (κ2) is 7.86. The van der Waals surface area contributed by atoms with Crippen LogP contribution in [0.15, 0.2) is 42.5 Å². The number of nitro benzene ring substituents is 1. The van der Waals surface area contributed by atoms with E-state index >= 15 is 0 Å². The molecular formula is C19H19N3O5. The van der Waals surface area contributed by atoms with Crippen molar-refractivity contribution in [2.45, 2.75) is 25.8 Å². The maximum Gasteiger partial charge on any atom is 0.338 e. The van der Waals surface area contributed by atoms with Crippen molar-refractivity contribution in [2.75, 3.05) is 17.2 Å². The summed E-state index contributed by atoms with van der Waals surface area (Å²) in [6, 6.07) is 11.5.